The van der Waals surface area contributed by atoms with E-state index in [1.807, 2.05) is 30.3 Å². The molecule has 1 fully saturated rings. The van der Waals surface area contributed by atoms with Crippen molar-refractivity contribution < 1.29 is 47.6 Å². The number of hydrogen-bond acceptors (Lipinski definition) is 14. The topological polar surface area (TPSA) is 237 Å². The number of esters is 2. The number of carbonyl (C=O) groups excluding carboxylic acids is 2. The maximum Gasteiger partial charge on any atom is 0.456 e. The first-order valence-corrected chi connectivity index (χ1v) is 14.9. The molecule has 1 aromatic heterocycles. The summed E-state index contributed by atoms with van der Waals surface area (Å²) in [5.74, 6) is -1.16. The highest BCUT2D eigenvalue weighted by Crippen LogP contribution is 2.41. The van der Waals surface area contributed by atoms with Crippen LogP contribution in [0.5, 0.6) is 5.75 Å². The van der Waals surface area contributed by atoms with Crippen molar-refractivity contribution in [3.63, 3.8) is 0 Å². The normalized spacial score (nSPS) is 20.9. The molecule has 2 aromatic carbocycles. The van der Waals surface area contributed by atoms with E-state index >= 15 is 0 Å². The molecule has 0 amide bonds. The van der Waals surface area contributed by atoms with Gasteiger partial charge in [-0.05, 0) is 29.3 Å². The van der Waals surface area contributed by atoms with Crippen LogP contribution in [-0.2, 0) is 46.1 Å². The molecule has 17 heteroatoms. The first-order valence-electron chi connectivity index (χ1n) is 13.2. The van der Waals surface area contributed by atoms with Gasteiger partial charge in [-0.25, -0.2) is 14.9 Å². The summed E-state index contributed by atoms with van der Waals surface area (Å²) in [6.45, 7) is -1.01. The van der Waals surface area contributed by atoms with E-state index < -0.39 is 56.5 Å². The lowest BCUT2D eigenvalue weighted by atomic mass is 10.1. The summed E-state index contributed by atoms with van der Waals surface area (Å²) in [4.78, 5) is 39.5. The number of aromatic nitrogens is 2. The number of ether oxygens (including phenoxy) is 3. The lowest BCUT2D eigenvalue weighted by Crippen LogP contribution is -2.36. The average Bonchev–Trinajstić information content (AvgIpc) is 3.27. The minimum absolute atomic E-state index is 0.0337. The SMILES string of the molecule is Nc1ccn([C@@H]2O[C@H](COP(N)(=O)Oc3cccc(COC(=O)CNCC(=O)OCc4ccccc4)c3)[C@@H](O)[C@H]2O)c(=O)n1. The van der Waals surface area contributed by atoms with Crippen LogP contribution < -0.4 is 26.8 Å². The van der Waals surface area contributed by atoms with Crippen molar-refractivity contribution in [1.29, 1.82) is 0 Å². The first kappa shape index (κ1) is 32.8. The molecule has 1 aliphatic heterocycles. The molecule has 1 aliphatic rings. The molecular formula is C27H32N5O11P. The van der Waals surface area contributed by atoms with Gasteiger partial charge in [0.2, 0.25) is 0 Å². The molecule has 0 aliphatic carbocycles. The van der Waals surface area contributed by atoms with Gasteiger partial charge >= 0.3 is 25.4 Å². The molecule has 1 unspecified atom stereocenters. The smallest absolute Gasteiger partial charge is 0.456 e. The van der Waals surface area contributed by atoms with Gasteiger partial charge in [-0.2, -0.15) is 4.98 Å². The van der Waals surface area contributed by atoms with Crippen molar-refractivity contribution in [2.75, 3.05) is 25.4 Å². The summed E-state index contributed by atoms with van der Waals surface area (Å²) in [5, 5.41) is 23.4. The zero-order valence-corrected chi connectivity index (χ0v) is 24.2. The minimum atomic E-state index is -4.26. The summed E-state index contributed by atoms with van der Waals surface area (Å²) >= 11 is 0. The van der Waals surface area contributed by atoms with Crippen LogP contribution in [0.2, 0.25) is 0 Å². The second-order valence-electron chi connectivity index (χ2n) is 9.57. The van der Waals surface area contributed by atoms with E-state index in [1.54, 1.807) is 12.1 Å². The first-order chi connectivity index (χ1) is 21.0. The van der Waals surface area contributed by atoms with E-state index in [0.29, 0.717) is 5.56 Å². The molecule has 3 aromatic rings. The zero-order valence-electron chi connectivity index (χ0n) is 23.3. The highest BCUT2D eigenvalue weighted by atomic mass is 31.2. The molecule has 1 saturated heterocycles. The van der Waals surface area contributed by atoms with Crippen LogP contribution in [0.25, 0.3) is 0 Å². The van der Waals surface area contributed by atoms with Gasteiger partial charge in [0.1, 0.15) is 43.1 Å². The third kappa shape index (κ3) is 9.42. The maximum atomic E-state index is 12.8. The Kier molecular flexibility index (Phi) is 11.2. The summed E-state index contributed by atoms with van der Waals surface area (Å²) in [6, 6.07) is 16.5. The molecule has 16 nitrogen and oxygen atoms in total. The summed E-state index contributed by atoms with van der Waals surface area (Å²) in [7, 11) is -4.26. The number of carbonyl (C=O) groups is 2. The van der Waals surface area contributed by atoms with Gasteiger partial charge in [-0.3, -0.25) is 24.0 Å². The zero-order chi connectivity index (χ0) is 31.7. The van der Waals surface area contributed by atoms with Crippen molar-refractivity contribution in [1.82, 2.24) is 14.9 Å². The molecule has 0 spiro atoms. The Labute approximate surface area is 251 Å². The van der Waals surface area contributed by atoms with Gasteiger partial charge in [0.25, 0.3) is 0 Å². The Bertz CT molecular complexity index is 1540. The second-order valence-corrected chi connectivity index (χ2v) is 11.1. The highest BCUT2D eigenvalue weighted by molar-refractivity contribution is 7.51. The summed E-state index contributed by atoms with van der Waals surface area (Å²) in [6.07, 6.45) is -4.33. The quantitative estimate of drug-likeness (QED) is 0.116. The van der Waals surface area contributed by atoms with Crippen LogP contribution in [0.15, 0.2) is 71.7 Å². The molecule has 236 valence electrons. The summed E-state index contributed by atoms with van der Waals surface area (Å²) < 4.78 is 40.0. The van der Waals surface area contributed by atoms with E-state index in [9.17, 15) is 29.2 Å². The van der Waals surface area contributed by atoms with Crippen molar-refractivity contribution in [3.8, 4) is 5.75 Å². The van der Waals surface area contributed by atoms with Crippen molar-refractivity contribution >= 4 is 25.5 Å². The third-order valence-electron chi connectivity index (χ3n) is 6.19. The molecule has 7 N–H and O–H groups in total. The van der Waals surface area contributed by atoms with E-state index in [-0.39, 0.29) is 37.9 Å². The Balaban J connectivity index is 1.19. The van der Waals surface area contributed by atoms with Crippen LogP contribution in [0, 0.1) is 0 Å². The predicted molar refractivity (Wildman–Crippen MR) is 153 cm³/mol. The van der Waals surface area contributed by atoms with Gasteiger partial charge in [0.15, 0.2) is 6.23 Å². The van der Waals surface area contributed by atoms with E-state index in [4.69, 9.17) is 34.5 Å². The number of aliphatic hydroxyl groups excluding tert-OH is 2. The predicted octanol–water partition coefficient (Wildman–Crippen LogP) is -0.0167. The van der Waals surface area contributed by atoms with E-state index in [2.05, 4.69) is 10.3 Å². The van der Waals surface area contributed by atoms with Crippen LogP contribution in [-0.4, -0.2) is 69.7 Å². The highest BCUT2D eigenvalue weighted by Gasteiger charge is 2.45. The molecule has 0 radical (unpaired) electrons. The number of hydrogen-bond donors (Lipinski definition) is 5. The standard InChI is InChI=1S/C27H32N5O11P/c28-21-9-10-32(27(37)31-21)26-25(36)24(35)20(42-26)16-41-44(29,38)43-19-8-4-7-18(11-19)15-40-23(34)13-30-12-22(33)39-14-17-5-2-1-3-6-17/h1-11,20,24-26,30,35-36H,12-16H2,(H2,29,38)(H2,28,31,37)/t20-,24-,25-,26-,44?/m1/s1. The van der Waals surface area contributed by atoms with Crippen LogP contribution in [0.1, 0.15) is 17.4 Å². The third-order valence-corrected chi connectivity index (χ3v) is 7.17. The molecule has 0 saturated carbocycles. The van der Waals surface area contributed by atoms with Crippen molar-refractivity contribution in [2.45, 2.75) is 37.8 Å². The maximum absolute atomic E-state index is 12.8. The van der Waals surface area contributed by atoms with Crippen LogP contribution in [0.4, 0.5) is 5.82 Å². The number of nitrogen functional groups attached to an aromatic ring is 1. The number of nitrogens with zero attached hydrogens (tertiary/aromatic N) is 2. The molecule has 4 rings (SSSR count). The second kappa shape index (κ2) is 15.0. The number of benzene rings is 2. The number of aliphatic hydroxyl groups is 2. The molecular weight excluding hydrogens is 601 g/mol. The fraction of sp³-hybridized carbons (Fsp3) is 0.333. The van der Waals surface area contributed by atoms with Crippen molar-refractivity contribution in [2.24, 2.45) is 5.50 Å². The number of anilines is 1. The number of nitrogens with two attached hydrogens (primary N) is 2. The number of rotatable bonds is 14. The fourth-order valence-corrected chi connectivity index (χ4v) is 4.84. The Morgan fingerprint density at radius 1 is 0.977 bits per heavy atom. The molecule has 0 bridgehead atoms. The lowest BCUT2D eigenvalue weighted by Gasteiger charge is -2.19. The number of nitrogens with one attached hydrogen (secondary N) is 1. The monoisotopic (exact) mass is 633 g/mol. The van der Waals surface area contributed by atoms with Gasteiger partial charge in [0.05, 0.1) is 19.7 Å². The summed E-state index contributed by atoms with van der Waals surface area (Å²) in [5.41, 5.74) is 11.7. The lowest BCUT2D eigenvalue weighted by molar-refractivity contribution is -0.145. The Morgan fingerprint density at radius 2 is 1.64 bits per heavy atom. The Morgan fingerprint density at radius 3 is 2.32 bits per heavy atom. The molecule has 2 heterocycles. The van der Waals surface area contributed by atoms with Gasteiger partial charge in [0, 0.05) is 6.20 Å². The van der Waals surface area contributed by atoms with Gasteiger partial charge < -0.3 is 34.7 Å². The largest absolute Gasteiger partial charge is 0.460 e. The fourth-order valence-electron chi connectivity index (χ4n) is 4.03. The van der Waals surface area contributed by atoms with E-state index in [1.165, 1.54) is 24.4 Å². The van der Waals surface area contributed by atoms with Gasteiger partial charge in [-0.15, -0.1) is 0 Å². The van der Waals surface area contributed by atoms with Crippen LogP contribution >= 0.6 is 7.75 Å². The van der Waals surface area contributed by atoms with Crippen molar-refractivity contribution in [3.05, 3.63) is 88.5 Å². The van der Waals surface area contributed by atoms with Gasteiger partial charge in [-0.1, -0.05) is 42.5 Å². The van der Waals surface area contributed by atoms with Crippen LogP contribution in [0.3, 0.4) is 0 Å². The van der Waals surface area contributed by atoms with E-state index in [0.717, 1.165) is 10.1 Å². The minimum Gasteiger partial charge on any atom is -0.460 e. The Hall–Kier alpha value is -4.15. The molecule has 5 atom stereocenters. The average molecular weight is 634 g/mol. The molecule has 44 heavy (non-hydrogen) atoms.